The molecule has 2 heterocycles. The fourth-order valence-corrected chi connectivity index (χ4v) is 5.92. The van der Waals surface area contributed by atoms with Crippen LogP contribution in [0.2, 0.25) is 0 Å². The molecule has 0 bridgehead atoms. The lowest BCUT2D eigenvalue weighted by molar-refractivity contribution is -0.703. The Hall–Kier alpha value is -3.31. The van der Waals surface area contributed by atoms with Crippen LogP contribution in [-0.2, 0) is 11.2 Å². The van der Waals surface area contributed by atoms with Crippen molar-refractivity contribution in [2.75, 3.05) is 17.7 Å². The Bertz CT molecular complexity index is 1340. The van der Waals surface area contributed by atoms with Crippen LogP contribution in [0.3, 0.4) is 0 Å². The number of para-hydroxylation sites is 2. The van der Waals surface area contributed by atoms with Gasteiger partial charge in [0.15, 0.2) is 12.2 Å². The SMILES string of the molecule is CCCCC1CCc2cccc3c(SCC(=O)N(C)c4ccc(Oc5ccccc5)cc4)cc[n+]1c23. The van der Waals surface area contributed by atoms with Crippen LogP contribution in [0.5, 0.6) is 11.5 Å². The van der Waals surface area contributed by atoms with Crippen LogP contribution in [0.25, 0.3) is 10.9 Å². The summed E-state index contributed by atoms with van der Waals surface area (Å²) in [5.41, 5.74) is 3.63. The molecule has 4 nitrogen and oxygen atoms in total. The smallest absolute Gasteiger partial charge is 0.237 e. The van der Waals surface area contributed by atoms with E-state index in [0.29, 0.717) is 11.8 Å². The van der Waals surface area contributed by atoms with Crippen molar-refractivity contribution in [1.29, 1.82) is 0 Å². The molecule has 5 rings (SSSR count). The first-order valence-electron chi connectivity index (χ1n) is 12.8. The zero-order valence-corrected chi connectivity index (χ0v) is 21.8. The van der Waals surface area contributed by atoms with Gasteiger partial charge < -0.3 is 9.64 Å². The predicted octanol–water partition coefficient (Wildman–Crippen LogP) is 7.35. The Morgan fingerprint density at radius 1 is 1.00 bits per heavy atom. The highest BCUT2D eigenvalue weighted by atomic mass is 32.2. The van der Waals surface area contributed by atoms with Gasteiger partial charge in [0.05, 0.1) is 11.1 Å². The lowest BCUT2D eigenvalue weighted by Gasteiger charge is -2.21. The maximum Gasteiger partial charge on any atom is 0.237 e. The van der Waals surface area contributed by atoms with Gasteiger partial charge in [-0.2, -0.15) is 4.57 Å². The molecule has 0 saturated carbocycles. The standard InChI is InChI=1S/C31H33N2O2S/c1-3-4-10-25-15-14-23-9-8-13-28-29(20-21-33(25)31(23)28)36-22-30(34)32(2)24-16-18-27(19-17-24)35-26-11-6-5-7-12-26/h5-9,11-13,16-21,25H,3-4,10,14-15,22H2,1-2H3/q+1. The molecule has 0 fully saturated rings. The third kappa shape index (κ3) is 5.26. The molecule has 1 aromatic heterocycles. The van der Waals surface area contributed by atoms with E-state index in [0.717, 1.165) is 23.6 Å². The van der Waals surface area contributed by atoms with Crippen LogP contribution >= 0.6 is 11.8 Å². The van der Waals surface area contributed by atoms with Gasteiger partial charge in [0.2, 0.25) is 11.4 Å². The van der Waals surface area contributed by atoms with Crippen LogP contribution in [-0.4, -0.2) is 18.7 Å². The first kappa shape index (κ1) is 24.4. The number of rotatable bonds is 9. The van der Waals surface area contributed by atoms with Crippen molar-refractivity contribution in [3.8, 4) is 11.5 Å². The molecule has 1 atom stereocenters. The average Bonchev–Trinajstić information content (AvgIpc) is 2.92. The zero-order chi connectivity index (χ0) is 24.9. The lowest BCUT2D eigenvalue weighted by Crippen LogP contribution is -2.43. The summed E-state index contributed by atoms with van der Waals surface area (Å²) < 4.78 is 8.36. The summed E-state index contributed by atoms with van der Waals surface area (Å²) in [5, 5.41) is 1.26. The Kier molecular flexibility index (Phi) is 7.57. The molecule has 184 valence electrons. The molecule has 4 aromatic rings. The number of hydrogen-bond acceptors (Lipinski definition) is 3. The van der Waals surface area contributed by atoms with Crippen molar-refractivity contribution in [3.63, 3.8) is 0 Å². The molecule has 0 spiro atoms. The molecular weight excluding hydrogens is 464 g/mol. The number of carbonyl (C=O) groups excluding carboxylic acids is 1. The van der Waals surface area contributed by atoms with Crippen LogP contribution in [0.1, 0.15) is 44.2 Å². The second kappa shape index (κ2) is 11.2. The minimum absolute atomic E-state index is 0.0747. The molecule has 3 aromatic carbocycles. The zero-order valence-electron chi connectivity index (χ0n) is 21.0. The van der Waals surface area contributed by atoms with Gasteiger partial charge >= 0.3 is 0 Å². The Morgan fingerprint density at radius 2 is 1.78 bits per heavy atom. The third-order valence-corrected chi connectivity index (χ3v) is 8.05. The largest absolute Gasteiger partial charge is 0.457 e. The van der Waals surface area contributed by atoms with Gasteiger partial charge in [-0.1, -0.05) is 43.7 Å². The number of amides is 1. The van der Waals surface area contributed by atoms with Crippen molar-refractivity contribution < 1.29 is 14.1 Å². The number of ether oxygens (including phenoxy) is 1. The Labute approximate surface area is 217 Å². The summed E-state index contributed by atoms with van der Waals surface area (Å²) in [6.45, 7) is 2.26. The van der Waals surface area contributed by atoms with E-state index in [9.17, 15) is 4.79 Å². The number of aromatic nitrogens is 1. The summed E-state index contributed by atoms with van der Waals surface area (Å²) in [6, 6.07) is 26.7. The average molecular weight is 498 g/mol. The minimum atomic E-state index is 0.0747. The summed E-state index contributed by atoms with van der Waals surface area (Å²) in [4.78, 5) is 16.0. The number of benzene rings is 3. The van der Waals surface area contributed by atoms with Crippen LogP contribution in [0.4, 0.5) is 5.69 Å². The molecule has 36 heavy (non-hydrogen) atoms. The van der Waals surface area contributed by atoms with Crippen LogP contribution in [0.15, 0.2) is 90.0 Å². The topological polar surface area (TPSA) is 33.4 Å². The lowest BCUT2D eigenvalue weighted by atomic mass is 9.94. The molecule has 1 unspecified atom stereocenters. The second-order valence-corrected chi connectivity index (χ2v) is 10.4. The first-order valence-corrected chi connectivity index (χ1v) is 13.8. The van der Waals surface area contributed by atoms with E-state index in [1.54, 1.807) is 16.7 Å². The van der Waals surface area contributed by atoms with Gasteiger partial charge in [-0.25, -0.2) is 0 Å². The van der Waals surface area contributed by atoms with Crippen molar-refractivity contribution in [1.82, 2.24) is 0 Å². The van der Waals surface area contributed by atoms with Gasteiger partial charge in [-0.3, -0.25) is 4.79 Å². The van der Waals surface area contributed by atoms with Crippen molar-refractivity contribution in [2.24, 2.45) is 0 Å². The Morgan fingerprint density at radius 3 is 2.56 bits per heavy atom. The number of carbonyl (C=O) groups is 1. The monoisotopic (exact) mass is 497 g/mol. The number of aryl methyl sites for hydroxylation is 1. The third-order valence-electron chi connectivity index (χ3n) is 6.99. The fourth-order valence-electron chi connectivity index (χ4n) is 4.97. The van der Waals surface area contributed by atoms with Crippen molar-refractivity contribution >= 4 is 34.3 Å². The molecule has 0 aliphatic carbocycles. The number of hydrogen-bond donors (Lipinski definition) is 0. The molecule has 1 amide bonds. The predicted molar refractivity (Wildman–Crippen MR) is 148 cm³/mol. The quantitative estimate of drug-likeness (QED) is 0.179. The molecule has 0 N–H and O–H groups in total. The Balaban J connectivity index is 1.27. The fraction of sp³-hybridized carbons (Fsp3) is 0.290. The molecule has 1 aliphatic rings. The number of pyridine rings is 1. The van der Waals surface area contributed by atoms with Gasteiger partial charge in [0.25, 0.3) is 0 Å². The highest BCUT2D eigenvalue weighted by Gasteiger charge is 2.29. The van der Waals surface area contributed by atoms with Gasteiger partial charge in [-0.05, 0) is 55.3 Å². The van der Waals surface area contributed by atoms with Crippen molar-refractivity contribution in [3.05, 3.63) is 90.6 Å². The van der Waals surface area contributed by atoms with E-state index >= 15 is 0 Å². The van der Waals surface area contributed by atoms with Gasteiger partial charge in [0.1, 0.15) is 11.5 Å². The minimum Gasteiger partial charge on any atom is -0.457 e. The maximum atomic E-state index is 13.1. The number of unbranched alkanes of at least 4 members (excludes halogenated alkanes) is 1. The number of thioether (sulfide) groups is 1. The summed E-state index contributed by atoms with van der Waals surface area (Å²) in [6.07, 6.45) is 8.31. The number of anilines is 1. The number of nitrogens with zero attached hydrogens (tertiary/aromatic N) is 2. The maximum absolute atomic E-state index is 13.1. The highest BCUT2D eigenvalue weighted by Crippen LogP contribution is 2.33. The van der Waals surface area contributed by atoms with Gasteiger partial charge in [0, 0.05) is 42.1 Å². The first-order chi connectivity index (χ1) is 17.6. The van der Waals surface area contributed by atoms with E-state index in [4.69, 9.17) is 4.74 Å². The van der Waals surface area contributed by atoms with Crippen LogP contribution < -0.4 is 14.2 Å². The van der Waals surface area contributed by atoms with E-state index in [2.05, 4.69) is 42.0 Å². The van der Waals surface area contributed by atoms with E-state index in [1.807, 2.05) is 61.6 Å². The molecular formula is C31H33N2O2S+. The summed E-state index contributed by atoms with van der Waals surface area (Å²) in [5.74, 6) is 2.01. The normalized spacial score (nSPS) is 14.6. The molecule has 0 radical (unpaired) electrons. The summed E-state index contributed by atoms with van der Waals surface area (Å²) in [7, 11) is 1.84. The van der Waals surface area contributed by atoms with Gasteiger partial charge in [-0.15, -0.1) is 11.8 Å². The van der Waals surface area contributed by atoms with E-state index < -0.39 is 0 Å². The van der Waals surface area contributed by atoms with Crippen molar-refractivity contribution in [2.45, 2.75) is 50.0 Å². The second-order valence-electron chi connectivity index (χ2n) is 9.39. The summed E-state index contributed by atoms with van der Waals surface area (Å²) >= 11 is 1.63. The van der Waals surface area contributed by atoms with Crippen LogP contribution in [0, 0.1) is 0 Å². The molecule has 5 heteroatoms. The highest BCUT2D eigenvalue weighted by molar-refractivity contribution is 8.00. The molecule has 1 aliphatic heterocycles. The molecule has 0 saturated heterocycles. The van der Waals surface area contributed by atoms with E-state index in [-0.39, 0.29) is 5.91 Å². The van der Waals surface area contributed by atoms with E-state index in [1.165, 1.54) is 47.0 Å².